The standard InChI is InChI=1S/C24H22N2/c1-15-20(13-17-9-5-4-6-10-17)25-21-14-19-18-11-7-8-12-22(18)26(3)24(19)16(2)23(15)21/h4-12,14,16H,13H2,1-3H3. The number of hydrogen-bond acceptors (Lipinski definition) is 1. The third-order valence-electron chi connectivity index (χ3n) is 5.90. The fourth-order valence-corrected chi connectivity index (χ4v) is 4.65. The molecule has 1 unspecified atom stereocenters. The average Bonchev–Trinajstić information content (AvgIpc) is 3.12. The number of aromatic nitrogens is 1. The van der Waals surface area contributed by atoms with E-state index in [1.54, 1.807) is 0 Å². The largest absolute Gasteiger partial charge is 0.346 e. The van der Waals surface area contributed by atoms with E-state index in [0.29, 0.717) is 5.92 Å². The summed E-state index contributed by atoms with van der Waals surface area (Å²) in [5, 5.41) is 1.33. The number of para-hydroxylation sites is 1. The Morgan fingerprint density at radius 1 is 1.00 bits per heavy atom. The first kappa shape index (κ1) is 15.4. The summed E-state index contributed by atoms with van der Waals surface area (Å²) in [4.78, 5) is 5.05. The van der Waals surface area contributed by atoms with Crippen LogP contribution in [0.2, 0.25) is 0 Å². The van der Waals surface area contributed by atoms with E-state index in [-0.39, 0.29) is 0 Å². The highest BCUT2D eigenvalue weighted by Gasteiger charge is 2.33. The Balaban J connectivity index is 1.66. The van der Waals surface area contributed by atoms with Crippen molar-refractivity contribution in [3.8, 4) is 0 Å². The van der Waals surface area contributed by atoms with Crippen molar-refractivity contribution in [2.45, 2.75) is 26.2 Å². The van der Waals surface area contributed by atoms with Gasteiger partial charge in [0.15, 0.2) is 0 Å². The normalized spacial score (nSPS) is 18.7. The summed E-state index contributed by atoms with van der Waals surface area (Å²) >= 11 is 0. The van der Waals surface area contributed by atoms with Crippen molar-refractivity contribution >= 4 is 22.7 Å². The van der Waals surface area contributed by atoms with Gasteiger partial charge in [0, 0.05) is 47.3 Å². The topological polar surface area (TPSA) is 17.3 Å². The fraction of sp³-hybridized carbons (Fsp3) is 0.208. The molecule has 0 fully saturated rings. The van der Waals surface area contributed by atoms with Crippen LogP contribution < -0.4 is 0 Å². The van der Waals surface area contributed by atoms with E-state index in [1.807, 2.05) is 0 Å². The Kier molecular flexibility index (Phi) is 3.30. The maximum absolute atomic E-state index is 5.05. The van der Waals surface area contributed by atoms with Gasteiger partial charge in [-0.3, -0.25) is 4.99 Å². The molecule has 1 atom stereocenters. The smallest absolute Gasteiger partial charge is 0.0682 e. The van der Waals surface area contributed by atoms with Gasteiger partial charge >= 0.3 is 0 Å². The number of hydrogen-bond donors (Lipinski definition) is 0. The minimum atomic E-state index is 0.361. The molecule has 2 heterocycles. The fourth-order valence-electron chi connectivity index (χ4n) is 4.65. The molecule has 1 aliphatic carbocycles. The Labute approximate surface area is 154 Å². The predicted octanol–water partition coefficient (Wildman–Crippen LogP) is 5.65. The molecule has 1 aromatic heterocycles. The zero-order valence-corrected chi connectivity index (χ0v) is 15.5. The van der Waals surface area contributed by atoms with E-state index in [2.05, 4.69) is 86.1 Å². The lowest BCUT2D eigenvalue weighted by molar-refractivity contribution is 0.769. The lowest BCUT2D eigenvalue weighted by Crippen LogP contribution is -2.11. The van der Waals surface area contributed by atoms with E-state index >= 15 is 0 Å². The second-order valence-corrected chi connectivity index (χ2v) is 7.39. The Hall–Kier alpha value is -2.87. The number of aryl methyl sites for hydroxylation is 1. The molecular weight excluding hydrogens is 316 g/mol. The van der Waals surface area contributed by atoms with Gasteiger partial charge in [0.05, 0.1) is 5.70 Å². The predicted molar refractivity (Wildman–Crippen MR) is 110 cm³/mol. The van der Waals surface area contributed by atoms with Gasteiger partial charge in [-0.2, -0.15) is 0 Å². The Morgan fingerprint density at radius 2 is 1.73 bits per heavy atom. The zero-order chi connectivity index (χ0) is 17.8. The van der Waals surface area contributed by atoms with Crippen LogP contribution in [-0.2, 0) is 13.5 Å². The minimum Gasteiger partial charge on any atom is -0.346 e. The molecule has 0 N–H and O–H groups in total. The van der Waals surface area contributed by atoms with Crippen molar-refractivity contribution < 1.29 is 0 Å². The summed E-state index contributed by atoms with van der Waals surface area (Å²) in [6, 6.07) is 19.3. The highest BCUT2D eigenvalue weighted by Crippen LogP contribution is 2.46. The minimum absolute atomic E-state index is 0.361. The van der Waals surface area contributed by atoms with E-state index < -0.39 is 0 Å². The summed E-state index contributed by atoms with van der Waals surface area (Å²) in [6.45, 7) is 4.56. The van der Waals surface area contributed by atoms with Gasteiger partial charge in [0.2, 0.25) is 0 Å². The summed E-state index contributed by atoms with van der Waals surface area (Å²) in [6.07, 6.45) is 3.20. The SMILES string of the molecule is CC1=C2C(=Cc3c(n(C)c4ccccc34)C2C)N=C1Cc1ccccc1. The molecule has 2 nitrogen and oxygen atoms in total. The van der Waals surface area contributed by atoms with Crippen LogP contribution >= 0.6 is 0 Å². The molecule has 26 heavy (non-hydrogen) atoms. The number of aliphatic imine (C=N–C) groups is 1. The molecule has 0 saturated carbocycles. The number of nitrogens with zero attached hydrogens (tertiary/aromatic N) is 2. The van der Waals surface area contributed by atoms with Gasteiger partial charge in [0.1, 0.15) is 0 Å². The summed E-state index contributed by atoms with van der Waals surface area (Å²) in [7, 11) is 2.19. The molecule has 0 spiro atoms. The molecule has 2 heteroatoms. The van der Waals surface area contributed by atoms with Gasteiger partial charge in [-0.05, 0) is 35.8 Å². The highest BCUT2D eigenvalue weighted by atomic mass is 15.0. The van der Waals surface area contributed by atoms with Gasteiger partial charge in [-0.25, -0.2) is 0 Å². The molecule has 0 amide bonds. The molecule has 3 aromatic rings. The number of rotatable bonds is 2. The molecule has 5 rings (SSSR count). The van der Waals surface area contributed by atoms with Gasteiger partial charge < -0.3 is 4.57 Å². The molecule has 0 bridgehead atoms. The lowest BCUT2D eigenvalue weighted by atomic mass is 9.84. The van der Waals surface area contributed by atoms with E-state index in [4.69, 9.17) is 4.99 Å². The van der Waals surface area contributed by atoms with Crippen LogP contribution in [0.5, 0.6) is 0 Å². The van der Waals surface area contributed by atoms with Crippen molar-refractivity contribution in [2.75, 3.05) is 0 Å². The number of allylic oxidation sites excluding steroid dienone is 2. The first-order valence-corrected chi connectivity index (χ1v) is 9.27. The van der Waals surface area contributed by atoms with Crippen molar-refractivity contribution in [1.82, 2.24) is 4.57 Å². The first-order valence-electron chi connectivity index (χ1n) is 9.27. The van der Waals surface area contributed by atoms with E-state index in [0.717, 1.165) is 12.1 Å². The van der Waals surface area contributed by atoms with Crippen molar-refractivity contribution in [1.29, 1.82) is 0 Å². The molecule has 128 valence electrons. The van der Waals surface area contributed by atoms with Crippen LogP contribution in [0.4, 0.5) is 0 Å². The summed E-state index contributed by atoms with van der Waals surface area (Å²) in [5.41, 5.74) is 10.5. The molecule has 0 radical (unpaired) electrons. The lowest BCUT2D eigenvalue weighted by Gasteiger charge is -2.22. The number of fused-ring (bicyclic) bond motifs is 4. The Morgan fingerprint density at radius 3 is 2.54 bits per heavy atom. The monoisotopic (exact) mass is 338 g/mol. The van der Waals surface area contributed by atoms with Crippen LogP contribution in [-0.4, -0.2) is 10.3 Å². The van der Waals surface area contributed by atoms with Gasteiger partial charge in [-0.1, -0.05) is 55.5 Å². The van der Waals surface area contributed by atoms with Crippen LogP contribution in [0.15, 0.2) is 76.4 Å². The zero-order valence-electron chi connectivity index (χ0n) is 15.5. The van der Waals surface area contributed by atoms with Crippen molar-refractivity contribution in [2.24, 2.45) is 12.0 Å². The Bertz CT molecular complexity index is 1120. The first-order chi connectivity index (χ1) is 12.6. The second kappa shape index (κ2) is 5.57. The molecule has 2 aromatic carbocycles. The second-order valence-electron chi connectivity index (χ2n) is 7.39. The third kappa shape index (κ3) is 2.08. The van der Waals surface area contributed by atoms with Gasteiger partial charge in [-0.15, -0.1) is 0 Å². The van der Waals surface area contributed by atoms with E-state index in [9.17, 15) is 0 Å². The quantitative estimate of drug-likeness (QED) is 0.574. The van der Waals surface area contributed by atoms with Crippen LogP contribution in [0.1, 0.15) is 36.6 Å². The number of benzene rings is 2. The van der Waals surface area contributed by atoms with Crippen LogP contribution in [0.25, 0.3) is 17.0 Å². The summed E-state index contributed by atoms with van der Waals surface area (Å²) < 4.78 is 2.36. The maximum atomic E-state index is 5.05. The van der Waals surface area contributed by atoms with E-state index in [1.165, 1.54) is 44.6 Å². The maximum Gasteiger partial charge on any atom is 0.0682 e. The third-order valence-corrected chi connectivity index (χ3v) is 5.90. The molecule has 1 aliphatic heterocycles. The molecule has 0 saturated heterocycles. The van der Waals surface area contributed by atoms with Crippen LogP contribution in [0, 0.1) is 0 Å². The highest BCUT2D eigenvalue weighted by molar-refractivity contribution is 6.08. The van der Waals surface area contributed by atoms with Gasteiger partial charge in [0.25, 0.3) is 0 Å². The summed E-state index contributed by atoms with van der Waals surface area (Å²) in [5.74, 6) is 0.361. The molecule has 2 aliphatic rings. The average molecular weight is 338 g/mol. The molecular formula is C24H22N2. The van der Waals surface area contributed by atoms with Crippen molar-refractivity contribution in [3.05, 3.63) is 88.3 Å². The van der Waals surface area contributed by atoms with Crippen LogP contribution in [0.3, 0.4) is 0 Å². The van der Waals surface area contributed by atoms with Crippen molar-refractivity contribution in [3.63, 3.8) is 0 Å².